The topological polar surface area (TPSA) is 111 Å². The molecule has 0 fully saturated rings. The highest BCUT2D eigenvalue weighted by Crippen LogP contribution is 2.38. The van der Waals surface area contributed by atoms with Gasteiger partial charge in [0.15, 0.2) is 6.10 Å². The predicted molar refractivity (Wildman–Crippen MR) is 286 cm³/mol. The molecular weight excluding hydrogens is 870 g/mol. The maximum absolute atomic E-state index is 12.7. The molecule has 0 aromatic rings. The number of likely N-dealkylation sites (N-methyl/N-ethyl adjacent to an activating group) is 1. The Balaban J connectivity index is 4.15. The minimum Gasteiger partial charge on any atom is -0.756 e. The summed E-state index contributed by atoms with van der Waals surface area (Å²) in [6, 6.07) is 0. The number of phosphoric ester groups is 1. The number of phosphoric acid groups is 1. The molecule has 0 aliphatic rings. The second-order valence-electron chi connectivity index (χ2n) is 18.9. The van der Waals surface area contributed by atoms with Crippen molar-refractivity contribution in [3.63, 3.8) is 0 Å². The van der Waals surface area contributed by atoms with Gasteiger partial charge in [0.05, 0.1) is 27.7 Å². The molecule has 0 heterocycles. The standard InChI is InChI=1S/C58H100NO8P/c1-6-8-10-12-14-16-18-19-20-21-22-23-24-25-26-27-28-29-30-31-32-33-34-35-36-37-38-39-41-43-45-47-49-51-58(61)67-56(55-66-68(62,63)65-53-52-59(3,4)5)54-64-57(60)50-48-46-44-42-40-17-15-13-11-9-7-2/h8,10,14,16,19-20,22-23,25-26,28-29,31-32,34-35,56H,6-7,9,11-13,15,17-18,21,24,27,30,33,36-55H2,1-5H3/b10-8-,16-14-,20-19-,23-22-,26-25-,29-28-,32-31-,35-34-. The maximum atomic E-state index is 12.7. The molecule has 0 saturated carbocycles. The van der Waals surface area contributed by atoms with Crippen LogP contribution in [-0.4, -0.2) is 70.0 Å². The number of quaternary nitrogens is 1. The van der Waals surface area contributed by atoms with E-state index in [4.69, 9.17) is 18.5 Å². The summed E-state index contributed by atoms with van der Waals surface area (Å²) >= 11 is 0. The number of hydrogen-bond acceptors (Lipinski definition) is 8. The third kappa shape index (κ3) is 52.3. The van der Waals surface area contributed by atoms with E-state index in [1.807, 2.05) is 21.1 Å². The van der Waals surface area contributed by atoms with Crippen LogP contribution in [0.3, 0.4) is 0 Å². The van der Waals surface area contributed by atoms with E-state index in [1.165, 1.54) is 77.0 Å². The molecule has 2 unspecified atom stereocenters. The minimum absolute atomic E-state index is 0.0359. The molecule has 0 saturated heterocycles. The molecule has 390 valence electrons. The van der Waals surface area contributed by atoms with Gasteiger partial charge in [-0.3, -0.25) is 14.2 Å². The van der Waals surface area contributed by atoms with E-state index in [-0.39, 0.29) is 32.0 Å². The number of carbonyl (C=O) groups excluding carboxylic acids is 2. The zero-order chi connectivity index (χ0) is 49.9. The maximum Gasteiger partial charge on any atom is 0.306 e. The number of rotatable bonds is 48. The van der Waals surface area contributed by atoms with E-state index in [0.29, 0.717) is 17.4 Å². The second-order valence-corrected chi connectivity index (χ2v) is 20.3. The van der Waals surface area contributed by atoms with Crippen molar-refractivity contribution in [2.75, 3.05) is 47.5 Å². The van der Waals surface area contributed by atoms with Crippen LogP contribution in [0.5, 0.6) is 0 Å². The van der Waals surface area contributed by atoms with Crippen molar-refractivity contribution in [1.29, 1.82) is 0 Å². The Morgan fingerprint density at radius 2 is 0.838 bits per heavy atom. The molecule has 0 rings (SSSR count). The number of carbonyl (C=O) groups is 2. The van der Waals surface area contributed by atoms with Crippen LogP contribution >= 0.6 is 7.82 Å². The zero-order valence-electron chi connectivity index (χ0n) is 44.0. The zero-order valence-corrected chi connectivity index (χ0v) is 44.9. The Kier molecular flexibility index (Phi) is 46.7. The van der Waals surface area contributed by atoms with Crippen molar-refractivity contribution in [1.82, 2.24) is 0 Å². The molecular formula is C58H100NO8P. The van der Waals surface area contributed by atoms with Crippen molar-refractivity contribution < 1.29 is 42.1 Å². The smallest absolute Gasteiger partial charge is 0.306 e. The van der Waals surface area contributed by atoms with Gasteiger partial charge in [0, 0.05) is 12.8 Å². The Morgan fingerprint density at radius 3 is 1.25 bits per heavy atom. The molecule has 0 aromatic carbocycles. The van der Waals surface area contributed by atoms with Crippen molar-refractivity contribution >= 4 is 19.8 Å². The van der Waals surface area contributed by atoms with Gasteiger partial charge in [-0.05, 0) is 77.0 Å². The highest BCUT2D eigenvalue weighted by atomic mass is 31.2. The molecule has 0 spiro atoms. The largest absolute Gasteiger partial charge is 0.756 e. The normalized spacial score (nSPS) is 14.1. The van der Waals surface area contributed by atoms with Gasteiger partial charge in [-0.25, -0.2) is 0 Å². The van der Waals surface area contributed by atoms with Crippen LogP contribution in [0.4, 0.5) is 0 Å². The summed E-state index contributed by atoms with van der Waals surface area (Å²) in [5, 5.41) is 0. The minimum atomic E-state index is -4.63. The number of hydrogen-bond donors (Lipinski definition) is 0. The van der Waals surface area contributed by atoms with Gasteiger partial charge in [-0.2, -0.15) is 0 Å². The van der Waals surface area contributed by atoms with Crippen LogP contribution < -0.4 is 4.89 Å². The van der Waals surface area contributed by atoms with E-state index >= 15 is 0 Å². The van der Waals surface area contributed by atoms with Crippen LogP contribution in [0.2, 0.25) is 0 Å². The average molecular weight is 970 g/mol. The van der Waals surface area contributed by atoms with Crippen LogP contribution in [0, 0.1) is 0 Å². The number of allylic oxidation sites excluding steroid dienone is 16. The van der Waals surface area contributed by atoms with Gasteiger partial charge in [-0.1, -0.05) is 214 Å². The van der Waals surface area contributed by atoms with Crippen LogP contribution in [0.15, 0.2) is 97.2 Å². The van der Waals surface area contributed by atoms with Gasteiger partial charge in [0.2, 0.25) is 0 Å². The van der Waals surface area contributed by atoms with Gasteiger partial charge in [0.25, 0.3) is 7.82 Å². The van der Waals surface area contributed by atoms with E-state index < -0.39 is 26.5 Å². The summed E-state index contributed by atoms with van der Waals surface area (Å²) in [5.74, 6) is -0.848. The third-order valence-corrected chi connectivity index (χ3v) is 12.1. The molecule has 0 amide bonds. The quantitative estimate of drug-likeness (QED) is 0.0195. The highest BCUT2D eigenvalue weighted by Gasteiger charge is 2.21. The van der Waals surface area contributed by atoms with Gasteiger partial charge >= 0.3 is 11.9 Å². The van der Waals surface area contributed by atoms with Crippen molar-refractivity contribution in [3.8, 4) is 0 Å². The molecule has 2 atom stereocenters. The van der Waals surface area contributed by atoms with E-state index in [2.05, 4.69) is 111 Å². The van der Waals surface area contributed by atoms with Crippen molar-refractivity contribution in [2.45, 2.75) is 213 Å². The van der Waals surface area contributed by atoms with Crippen LogP contribution in [0.1, 0.15) is 206 Å². The first-order valence-corrected chi connectivity index (χ1v) is 28.4. The monoisotopic (exact) mass is 970 g/mol. The fraction of sp³-hybridized carbons (Fsp3) is 0.690. The Hall–Kier alpha value is -3.07. The number of nitrogens with zero attached hydrogens (tertiary/aromatic N) is 1. The molecule has 10 heteroatoms. The fourth-order valence-electron chi connectivity index (χ4n) is 6.96. The first-order chi connectivity index (χ1) is 33.0. The Labute approximate surface area is 417 Å². The van der Waals surface area contributed by atoms with Crippen LogP contribution in [0.25, 0.3) is 0 Å². The molecule has 0 bridgehead atoms. The van der Waals surface area contributed by atoms with Crippen molar-refractivity contribution in [3.05, 3.63) is 97.2 Å². The van der Waals surface area contributed by atoms with Gasteiger partial charge in [0.1, 0.15) is 19.8 Å². The lowest BCUT2D eigenvalue weighted by Gasteiger charge is -2.28. The Bertz CT molecular complexity index is 1470. The molecule has 0 N–H and O–H groups in total. The Morgan fingerprint density at radius 1 is 0.471 bits per heavy atom. The summed E-state index contributed by atoms with van der Waals surface area (Å²) in [4.78, 5) is 37.7. The molecule has 9 nitrogen and oxygen atoms in total. The lowest BCUT2D eigenvalue weighted by molar-refractivity contribution is -0.870. The summed E-state index contributed by atoms with van der Waals surface area (Å²) in [6.07, 6.45) is 65.9. The van der Waals surface area contributed by atoms with E-state index in [9.17, 15) is 19.0 Å². The third-order valence-electron chi connectivity index (χ3n) is 11.1. The summed E-state index contributed by atoms with van der Waals surface area (Å²) < 4.78 is 34.0. The number of esters is 2. The number of ether oxygens (including phenoxy) is 2. The predicted octanol–water partition coefficient (Wildman–Crippen LogP) is 15.8. The molecule has 0 radical (unpaired) electrons. The molecule has 0 aromatic heterocycles. The van der Waals surface area contributed by atoms with E-state index in [1.54, 1.807) is 0 Å². The van der Waals surface area contributed by atoms with Gasteiger partial charge in [-0.15, -0.1) is 0 Å². The first-order valence-electron chi connectivity index (χ1n) is 26.9. The first kappa shape index (κ1) is 64.9. The molecule has 68 heavy (non-hydrogen) atoms. The van der Waals surface area contributed by atoms with E-state index in [0.717, 1.165) is 96.3 Å². The van der Waals surface area contributed by atoms with Crippen molar-refractivity contribution in [2.24, 2.45) is 0 Å². The molecule has 0 aliphatic heterocycles. The highest BCUT2D eigenvalue weighted by molar-refractivity contribution is 7.45. The number of unbranched alkanes of at least 4 members (excludes halogenated alkanes) is 18. The average Bonchev–Trinajstić information content (AvgIpc) is 3.30. The summed E-state index contributed by atoms with van der Waals surface area (Å²) in [6.45, 7) is 4.09. The SMILES string of the molecule is CC/C=C\C/C=C\C/C=C\C/C=C\C/C=C\C/C=C\C/C=C\C/C=C\CCCCCCCCCCC(=O)OC(COC(=O)CCCCCCCCCCCCC)COP(=O)([O-])OCC[N+](C)(C)C. The van der Waals surface area contributed by atoms with Gasteiger partial charge < -0.3 is 27.9 Å². The lowest BCUT2D eigenvalue weighted by atomic mass is 10.1. The summed E-state index contributed by atoms with van der Waals surface area (Å²) in [7, 11) is 1.15. The lowest BCUT2D eigenvalue weighted by Crippen LogP contribution is -2.37. The second kappa shape index (κ2) is 48.9. The molecule has 0 aliphatic carbocycles. The van der Waals surface area contributed by atoms with Crippen LogP contribution in [-0.2, 0) is 32.7 Å². The fourth-order valence-corrected chi connectivity index (χ4v) is 7.69. The summed E-state index contributed by atoms with van der Waals surface area (Å²) in [5.41, 5.74) is 0.